The van der Waals surface area contributed by atoms with Crippen LogP contribution >= 0.6 is 23.2 Å². The highest BCUT2D eigenvalue weighted by Gasteiger charge is 2.00. The molecule has 3 nitrogen and oxygen atoms in total. The molecule has 0 fully saturated rings. The van der Waals surface area contributed by atoms with Gasteiger partial charge in [-0.05, 0) is 17.7 Å². The van der Waals surface area contributed by atoms with Crippen LogP contribution in [0.3, 0.4) is 0 Å². The van der Waals surface area contributed by atoms with Crippen LogP contribution in [0.2, 0.25) is 10.0 Å². The Morgan fingerprint density at radius 2 is 2.14 bits per heavy atom. The average Bonchev–Trinajstić information content (AvgIpc) is 2.20. The first-order valence-corrected chi connectivity index (χ1v) is 4.53. The molecule has 1 amide bonds. The van der Waals surface area contributed by atoms with E-state index in [9.17, 15) is 4.79 Å². The molecule has 14 heavy (non-hydrogen) atoms. The van der Waals surface area contributed by atoms with Crippen molar-refractivity contribution in [3.8, 4) is 0 Å². The summed E-state index contributed by atoms with van der Waals surface area (Å²) in [4.78, 5) is 10.8. The monoisotopic (exact) mass is 230 g/mol. The predicted molar refractivity (Wildman–Crippen MR) is 57.8 cm³/mol. The van der Waals surface area contributed by atoms with Crippen LogP contribution in [0, 0.1) is 0 Å². The van der Waals surface area contributed by atoms with Crippen LogP contribution in [0.4, 0.5) is 0 Å². The van der Waals surface area contributed by atoms with Gasteiger partial charge in [-0.2, -0.15) is 0 Å². The fraction of sp³-hybridized carbons (Fsp3) is 0. The largest absolute Gasteiger partial charge is 0.291 e. The molecule has 0 aliphatic rings. The van der Waals surface area contributed by atoms with Crippen molar-refractivity contribution in [3.05, 3.63) is 39.9 Å². The van der Waals surface area contributed by atoms with Crippen LogP contribution < -0.4 is 11.3 Å². The Morgan fingerprint density at radius 1 is 1.43 bits per heavy atom. The normalized spacial score (nSPS) is 10.5. The molecule has 0 aliphatic carbocycles. The van der Waals surface area contributed by atoms with E-state index in [1.54, 1.807) is 18.2 Å². The summed E-state index contributed by atoms with van der Waals surface area (Å²) in [7, 11) is 0. The van der Waals surface area contributed by atoms with E-state index in [0.29, 0.717) is 15.6 Å². The second-order valence-electron chi connectivity index (χ2n) is 2.48. The van der Waals surface area contributed by atoms with Crippen LogP contribution in [0.5, 0.6) is 0 Å². The van der Waals surface area contributed by atoms with Crippen molar-refractivity contribution in [1.29, 1.82) is 0 Å². The van der Waals surface area contributed by atoms with Crippen molar-refractivity contribution in [2.45, 2.75) is 0 Å². The topological polar surface area (TPSA) is 55.1 Å². The molecule has 0 bridgehead atoms. The molecular formula is C9H8Cl2N2O. The summed E-state index contributed by atoms with van der Waals surface area (Å²) in [6, 6.07) is 5.16. The van der Waals surface area contributed by atoms with E-state index in [1.807, 2.05) is 5.43 Å². The van der Waals surface area contributed by atoms with Gasteiger partial charge in [0, 0.05) is 6.08 Å². The zero-order valence-electron chi connectivity index (χ0n) is 7.13. The second-order valence-corrected chi connectivity index (χ2v) is 3.27. The van der Waals surface area contributed by atoms with Gasteiger partial charge >= 0.3 is 0 Å². The van der Waals surface area contributed by atoms with Crippen molar-refractivity contribution >= 4 is 35.2 Å². The minimum atomic E-state index is -0.402. The van der Waals surface area contributed by atoms with Crippen LogP contribution in [0.1, 0.15) is 5.56 Å². The summed E-state index contributed by atoms with van der Waals surface area (Å²) >= 11 is 11.6. The summed E-state index contributed by atoms with van der Waals surface area (Å²) in [5.74, 6) is 4.49. The molecule has 0 spiro atoms. The summed E-state index contributed by atoms with van der Waals surface area (Å²) in [6.07, 6.45) is 2.81. The third-order valence-corrected chi connectivity index (χ3v) is 2.37. The molecule has 1 aromatic carbocycles. The van der Waals surface area contributed by atoms with Crippen LogP contribution in [0.15, 0.2) is 24.3 Å². The maximum atomic E-state index is 10.8. The number of halogens is 2. The number of hydrogen-bond acceptors (Lipinski definition) is 2. The Hall–Kier alpha value is -1.03. The number of nitrogens with one attached hydrogen (secondary N) is 1. The van der Waals surface area contributed by atoms with Gasteiger partial charge in [-0.25, -0.2) is 5.84 Å². The molecule has 3 N–H and O–H groups in total. The molecule has 0 unspecified atom stereocenters. The zero-order chi connectivity index (χ0) is 10.6. The molecular weight excluding hydrogens is 223 g/mol. The van der Waals surface area contributed by atoms with E-state index in [-0.39, 0.29) is 0 Å². The van der Waals surface area contributed by atoms with Crippen molar-refractivity contribution in [2.75, 3.05) is 0 Å². The van der Waals surface area contributed by atoms with Gasteiger partial charge in [-0.3, -0.25) is 10.2 Å². The molecule has 0 atom stereocenters. The number of carbonyl (C=O) groups is 1. The molecule has 74 valence electrons. The summed E-state index contributed by atoms with van der Waals surface area (Å²) in [5, 5.41) is 0.859. The van der Waals surface area contributed by atoms with E-state index in [1.165, 1.54) is 12.2 Å². The molecule has 5 heteroatoms. The highest BCUT2D eigenvalue weighted by atomic mass is 35.5. The fourth-order valence-electron chi connectivity index (χ4n) is 0.863. The Labute approximate surface area is 91.5 Å². The summed E-state index contributed by atoms with van der Waals surface area (Å²) in [6.45, 7) is 0. The number of rotatable bonds is 2. The van der Waals surface area contributed by atoms with Crippen LogP contribution in [-0.2, 0) is 4.79 Å². The molecule has 0 aliphatic heterocycles. The van der Waals surface area contributed by atoms with Gasteiger partial charge in [0.1, 0.15) is 0 Å². The van der Waals surface area contributed by atoms with Crippen molar-refractivity contribution < 1.29 is 4.79 Å². The lowest BCUT2D eigenvalue weighted by molar-refractivity contribution is -0.116. The summed E-state index contributed by atoms with van der Waals surface area (Å²) < 4.78 is 0. The lowest BCUT2D eigenvalue weighted by Gasteiger charge is -1.99. The number of hydrazine groups is 1. The van der Waals surface area contributed by atoms with Crippen molar-refractivity contribution in [2.24, 2.45) is 5.84 Å². The quantitative estimate of drug-likeness (QED) is 0.354. The fourth-order valence-corrected chi connectivity index (χ4v) is 1.23. The minimum Gasteiger partial charge on any atom is -0.291 e. The minimum absolute atomic E-state index is 0.402. The van der Waals surface area contributed by atoms with Gasteiger partial charge in [-0.15, -0.1) is 0 Å². The van der Waals surface area contributed by atoms with Crippen molar-refractivity contribution in [3.63, 3.8) is 0 Å². The molecule has 1 rings (SSSR count). The third kappa shape index (κ3) is 2.73. The van der Waals surface area contributed by atoms with Crippen LogP contribution in [0.25, 0.3) is 6.08 Å². The number of amides is 1. The van der Waals surface area contributed by atoms with E-state index < -0.39 is 5.91 Å². The van der Waals surface area contributed by atoms with E-state index >= 15 is 0 Å². The molecule has 0 saturated carbocycles. The highest BCUT2D eigenvalue weighted by Crippen LogP contribution is 2.26. The molecule has 0 radical (unpaired) electrons. The molecule has 1 aromatic rings. The molecule has 0 aromatic heterocycles. The second kappa shape index (κ2) is 5.00. The van der Waals surface area contributed by atoms with E-state index in [4.69, 9.17) is 29.0 Å². The number of hydrogen-bond donors (Lipinski definition) is 2. The highest BCUT2D eigenvalue weighted by molar-refractivity contribution is 6.42. The first-order valence-electron chi connectivity index (χ1n) is 3.78. The maximum absolute atomic E-state index is 10.8. The predicted octanol–water partition coefficient (Wildman–Crippen LogP) is 2.00. The van der Waals surface area contributed by atoms with Gasteiger partial charge in [0.05, 0.1) is 10.0 Å². The van der Waals surface area contributed by atoms with E-state index in [0.717, 1.165) is 0 Å². The Bertz CT molecular complexity index is 377. The maximum Gasteiger partial charge on any atom is 0.257 e. The lowest BCUT2D eigenvalue weighted by atomic mass is 10.2. The van der Waals surface area contributed by atoms with Gasteiger partial charge in [0.2, 0.25) is 0 Å². The lowest BCUT2D eigenvalue weighted by Crippen LogP contribution is -2.27. The van der Waals surface area contributed by atoms with Gasteiger partial charge < -0.3 is 0 Å². The van der Waals surface area contributed by atoms with E-state index in [2.05, 4.69) is 0 Å². The standard InChI is InChI=1S/C9H8Cl2N2O/c10-7-3-1-2-6(9(7)11)4-5-8(14)13-12/h1-5H,12H2,(H,13,14)/b5-4+. The number of carbonyl (C=O) groups excluding carboxylic acids is 1. The zero-order valence-corrected chi connectivity index (χ0v) is 8.64. The third-order valence-electron chi connectivity index (χ3n) is 1.54. The first-order chi connectivity index (χ1) is 6.65. The SMILES string of the molecule is NNC(=O)/C=C/c1cccc(Cl)c1Cl. The number of benzene rings is 1. The Balaban J connectivity index is 2.92. The van der Waals surface area contributed by atoms with Crippen molar-refractivity contribution in [1.82, 2.24) is 5.43 Å². The van der Waals surface area contributed by atoms with Gasteiger partial charge in [0.15, 0.2) is 0 Å². The Kier molecular flexibility index (Phi) is 3.95. The van der Waals surface area contributed by atoms with Gasteiger partial charge in [0.25, 0.3) is 5.91 Å². The smallest absolute Gasteiger partial charge is 0.257 e. The summed E-state index contributed by atoms with van der Waals surface area (Å²) in [5.41, 5.74) is 2.64. The molecule has 0 heterocycles. The number of nitrogens with two attached hydrogens (primary N) is 1. The molecule has 0 saturated heterocycles. The first kappa shape index (κ1) is 11.0. The van der Waals surface area contributed by atoms with Gasteiger partial charge in [-0.1, -0.05) is 35.3 Å². The average molecular weight is 231 g/mol. The Morgan fingerprint density at radius 3 is 2.79 bits per heavy atom. The van der Waals surface area contributed by atoms with Crippen LogP contribution in [-0.4, -0.2) is 5.91 Å².